The second-order valence-corrected chi connectivity index (χ2v) is 6.23. The molecule has 0 bridgehead atoms. The number of aromatic nitrogens is 1. The lowest BCUT2D eigenvalue weighted by molar-refractivity contribution is 0.0589. The summed E-state index contributed by atoms with van der Waals surface area (Å²) in [6.45, 7) is 6.99. The zero-order valence-electron chi connectivity index (χ0n) is 13.7. The summed E-state index contributed by atoms with van der Waals surface area (Å²) >= 11 is 0. The average molecular weight is 311 g/mol. The fourth-order valence-electron chi connectivity index (χ4n) is 3.19. The van der Waals surface area contributed by atoms with Gasteiger partial charge in [-0.2, -0.15) is 0 Å². The summed E-state index contributed by atoms with van der Waals surface area (Å²) in [4.78, 5) is 9.06. The van der Waals surface area contributed by atoms with E-state index in [0.717, 1.165) is 31.7 Å². The van der Waals surface area contributed by atoms with Crippen LogP contribution in [0.25, 0.3) is 0 Å². The number of rotatable bonds is 5. The molecule has 2 aromatic rings. The predicted molar refractivity (Wildman–Crippen MR) is 92.1 cm³/mol. The highest BCUT2D eigenvalue weighted by molar-refractivity contribution is 5.17. The molecule has 0 spiro atoms. The van der Waals surface area contributed by atoms with E-state index in [-0.39, 0.29) is 0 Å². The molecule has 3 rings (SSSR count). The second kappa shape index (κ2) is 7.68. The SMILES string of the molecule is CC(c1cccnc1)N1CCN(CC(O)c2ccccc2)CC1. The van der Waals surface area contributed by atoms with Crippen molar-refractivity contribution < 1.29 is 5.11 Å². The maximum absolute atomic E-state index is 10.4. The Kier molecular flexibility index (Phi) is 5.39. The summed E-state index contributed by atoms with van der Waals surface area (Å²) in [6, 6.07) is 14.5. The quantitative estimate of drug-likeness (QED) is 0.921. The molecule has 0 radical (unpaired) electrons. The zero-order chi connectivity index (χ0) is 16.1. The first kappa shape index (κ1) is 16.1. The van der Waals surface area contributed by atoms with Gasteiger partial charge in [-0.1, -0.05) is 36.4 Å². The van der Waals surface area contributed by atoms with E-state index in [1.165, 1.54) is 5.56 Å². The van der Waals surface area contributed by atoms with Crippen LogP contribution in [0, 0.1) is 0 Å². The summed E-state index contributed by atoms with van der Waals surface area (Å²) < 4.78 is 0. The molecule has 1 aliphatic rings. The Morgan fingerprint density at radius 1 is 1.00 bits per heavy atom. The molecular formula is C19H25N3O. The number of benzene rings is 1. The highest BCUT2D eigenvalue weighted by Gasteiger charge is 2.23. The molecule has 4 heteroatoms. The van der Waals surface area contributed by atoms with Crippen molar-refractivity contribution in [1.82, 2.24) is 14.8 Å². The van der Waals surface area contributed by atoms with Gasteiger partial charge in [0.25, 0.3) is 0 Å². The number of aliphatic hydroxyl groups is 1. The van der Waals surface area contributed by atoms with Gasteiger partial charge in [0, 0.05) is 51.2 Å². The van der Waals surface area contributed by atoms with Gasteiger partial charge in [0.1, 0.15) is 0 Å². The Morgan fingerprint density at radius 3 is 2.35 bits per heavy atom. The number of pyridine rings is 1. The van der Waals surface area contributed by atoms with Gasteiger partial charge in [0.15, 0.2) is 0 Å². The Balaban J connectivity index is 1.51. The van der Waals surface area contributed by atoms with Crippen molar-refractivity contribution >= 4 is 0 Å². The molecule has 0 aliphatic carbocycles. The van der Waals surface area contributed by atoms with Crippen LogP contribution in [-0.2, 0) is 0 Å². The molecule has 1 fully saturated rings. The molecule has 0 saturated carbocycles. The number of aliphatic hydroxyl groups excluding tert-OH is 1. The van der Waals surface area contributed by atoms with Gasteiger partial charge in [0.05, 0.1) is 6.10 Å². The molecule has 1 aromatic heterocycles. The van der Waals surface area contributed by atoms with E-state index < -0.39 is 6.10 Å². The molecule has 2 heterocycles. The average Bonchev–Trinajstić information content (AvgIpc) is 2.63. The van der Waals surface area contributed by atoms with E-state index in [0.29, 0.717) is 12.6 Å². The fourth-order valence-corrected chi connectivity index (χ4v) is 3.19. The molecule has 1 aliphatic heterocycles. The maximum Gasteiger partial charge on any atom is 0.0916 e. The van der Waals surface area contributed by atoms with Crippen LogP contribution in [-0.4, -0.2) is 52.6 Å². The fraction of sp³-hybridized carbons (Fsp3) is 0.421. The highest BCUT2D eigenvalue weighted by Crippen LogP contribution is 2.21. The van der Waals surface area contributed by atoms with Crippen LogP contribution in [0.2, 0.25) is 0 Å². The minimum atomic E-state index is -0.404. The predicted octanol–water partition coefficient (Wildman–Crippen LogP) is 2.49. The van der Waals surface area contributed by atoms with Crippen molar-refractivity contribution in [2.45, 2.75) is 19.1 Å². The third-order valence-electron chi connectivity index (χ3n) is 4.74. The number of nitrogens with zero attached hydrogens (tertiary/aromatic N) is 3. The van der Waals surface area contributed by atoms with E-state index in [9.17, 15) is 5.11 Å². The van der Waals surface area contributed by atoms with Gasteiger partial charge in [-0.05, 0) is 24.1 Å². The van der Waals surface area contributed by atoms with Crippen LogP contribution in [0.3, 0.4) is 0 Å². The van der Waals surface area contributed by atoms with Crippen LogP contribution >= 0.6 is 0 Å². The standard InChI is InChI=1S/C19H25N3O/c1-16(18-8-5-9-20-14-18)22-12-10-21(11-13-22)15-19(23)17-6-3-2-4-7-17/h2-9,14,16,19,23H,10-13,15H2,1H3. The summed E-state index contributed by atoms with van der Waals surface area (Å²) in [6.07, 6.45) is 3.37. The van der Waals surface area contributed by atoms with Crippen LogP contribution in [0.5, 0.6) is 0 Å². The van der Waals surface area contributed by atoms with Crippen molar-refractivity contribution in [2.24, 2.45) is 0 Å². The smallest absolute Gasteiger partial charge is 0.0916 e. The first-order chi connectivity index (χ1) is 11.2. The van der Waals surface area contributed by atoms with Crippen molar-refractivity contribution in [2.75, 3.05) is 32.7 Å². The number of β-amino-alcohol motifs (C(OH)–C–C–N with tert-alkyl or cyclic N) is 1. The van der Waals surface area contributed by atoms with Crippen molar-refractivity contribution in [3.63, 3.8) is 0 Å². The molecule has 0 amide bonds. The van der Waals surface area contributed by atoms with Crippen LogP contribution in [0.1, 0.15) is 30.2 Å². The largest absolute Gasteiger partial charge is 0.387 e. The number of hydrogen-bond acceptors (Lipinski definition) is 4. The molecule has 4 nitrogen and oxygen atoms in total. The maximum atomic E-state index is 10.4. The summed E-state index contributed by atoms with van der Waals surface area (Å²) in [5, 5.41) is 10.4. The molecule has 23 heavy (non-hydrogen) atoms. The van der Waals surface area contributed by atoms with Gasteiger partial charge in [-0.3, -0.25) is 14.8 Å². The minimum Gasteiger partial charge on any atom is -0.387 e. The summed E-state index contributed by atoms with van der Waals surface area (Å²) in [7, 11) is 0. The van der Waals surface area contributed by atoms with Gasteiger partial charge < -0.3 is 5.11 Å². The highest BCUT2D eigenvalue weighted by atomic mass is 16.3. The minimum absolute atomic E-state index is 0.393. The molecule has 1 N–H and O–H groups in total. The van der Waals surface area contributed by atoms with Gasteiger partial charge in [-0.25, -0.2) is 0 Å². The molecule has 122 valence electrons. The second-order valence-electron chi connectivity index (χ2n) is 6.23. The number of hydrogen-bond donors (Lipinski definition) is 1. The third-order valence-corrected chi connectivity index (χ3v) is 4.74. The Labute approximate surface area is 138 Å². The molecule has 1 saturated heterocycles. The van der Waals surface area contributed by atoms with Crippen LogP contribution < -0.4 is 0 Å². The van der Waals surface area contributed by atoms with Gasteiger partial charge >= 0.3 is 0 Å². The summed E-state index contributed by atoms with van der Waals surface area (Å²) in [5.41, 5.74) is 2.27. The summed E-state index contributed by atoms with van der Waals surface area (Å²) in [5.74, 6) is 0. The first-order valence-electron chi connectivity index (χ1n) is 8.33. The van der Waals surface area contributed by atoms with Gasteiger partial charge in [-0.15, -0.1) is 0 Å². The Morgan fingerprint density at radius 2 is 1.70 bits per heavy atom. The van der Waals surface area contributed by atoms with Crippen molar-refractivity contribution in [1.29, 1.82) is 0 Å². The van der Waals surface area contributed by atoms with E-state index in [1.54, 1.807) is 0 Å². The monoisotopic (exact) mass is 311 g/mol. The van der Waals surface area contributed by atoms with E-state index in [1.807, 2.05) is 48.8 Å². The van der Waals surface area contributed by atoms with Crippen molar-refractivity contribution in [3.8, 4) is 0 Å². The lowest BCUT2D eigenvalue weighted by Gasteiger charge is -2.38. The first-order valence-corrected chi connectivity index (χ1v) is 8.33. The number of piperazine rings is 1. The molecule has 2 atom stereocenters. The molecular weight excluding hydrogens is 286 g/mol. The topological polar surface area (TPSA) is 39.6 Å². The van der Waals surface area contributed by atoms with E-state index >= 15 is 0 Å². The van der Waals surface area contributed by atoms with E-state index in [4.69, 9.17) is 0 Å². The van der Waals surface area contributed by atoms with Crippen LogP contribution in [0.15, 0.2) is 54.9 Å². The molecule has 1 aromatic carbocycles. The zero-order valence-corrected chi connectivity index (χ0v) is 13.7. The molecule has 2 unspecified atom stereocenters. The Bertz CT molecular complexity index is 582. The Hall–Kier alpha value is -1.75. The lowest BCUT2D eigenvalue weighted by Crippen LogP contribution is -2.48. The normalized spacial score (nSPS) is 19.4. The lowest BCUT2D eigenvalue weighted by atomic mass is 10.1. The van der Waals surface area contributed by atoms with Crippen molar-refractivity contribution in [3.05, 3.63) is 66.0 Å². The van der Waals surface area contributed by atoms with Gasteiger partial charge in [0.2, 0.25) is 0 Å². The third kappa shape index (κ3) is 4.16. The van der Waals surface area contributed by atoms with E-state index in [2.05, 4.69) is 27.8 Å². The van der Waals surface area contributed by atoms with Crippen LogP contribution in [0.4, 0.5) is 0 Å².